The number of carbonyl (C=O) groups excluding carboxylic acids is 2. The Morgan fingerprint density at radius 2 is 0.933 bits per heavy atom. The van der Waals surface area contributed by atoms with Gasteiger partial charge < -0.3 is 0 Å². The van der Waals surface area contributed by atoms with Crippen LogP contribution in [0.1, 0.15) is 31.8 Å². The molecule has 0 aliphatic carbocycles. The molecule has 3 rings (SSSR count). The third kappa shape index (κ3) is 5.84. The Kier molecular flexibility index (Phi) is 7.52. The van der Waals surface area contributed by atoms with E-state index in [1.165, 1.54) is 24.3 Å². The van der Waals surface area contributed by atoms with Crippen LogP contribution in [0.25, 0.3) is 12.2 Å². The van der Waals surface area contributed by atoms with Gasteiger partial charge in [0.25, 0.3) is 0 Å². The minimum absolute atomic E-state index is 0.217. The van der Waals surface area contributed by atoms with Gasteiger partial charge in [-0.05, 0) is 59.7 Å². The van der Waals surface area contributed by atoms with Crippen LogP contribution in [0, 0.1) is 0 Å². The molecule has 0 aromatic heterocycles. The quantitative estimate of drug-likeness (QED) is 0.266. The molecule has 6 heteroatoms. The van der Waals surface area contributed by atoms with E-state index in [0.29, 0.717) is 31.2 Å². The van der Waals surface area contributed by atoms with Gasteiger partial charge in [0.1, 0.15) is 0 Å². The van der Waals surface area contributed by atoms with Crippen molar-refractivity contribution < 1.29 is 9.59 Å². The lowest BCUT2D eigenvalue weighted by Crippen LogP contribution is -1.95. The largest absolute Gasteiger partial charge is 0.289 e. The van der Waals surface area contributed by atoms with E-state index < -0.39 is 0 Å². The monoisotopic (exact) mass is 474 g/mol. The topological polar surface area (TPSA) is 34.1 Å². The Bertz CT molecular complexity index is 1070. The average molecular weight is 476 g/mol. The Labute approximate surface area is 194 Å². The maximum absolute atomic E-state index is 12.3. The molecule has 2 nitrogen and oxygen atoms in total. The minimum Gasteiger partial charge on any atom is -0.289 e. The van der Waals surface area contributed by atoms with Crippen LogP contribution in [-0.4, -0.2) is 11.6 Å². The lowest BCUT2D eigenvalue weighted by atomic mass is 10.1. The molecule has 0 aliphatic heterocycles. The molecule has 150 valence electrons. The van der Waals surface area contributed by atoms with Crippen molar-refractivity contribution in [3.05, 3.63) is 115 Å². The number of ketones is 2. The third-order valence-corrected chi connectivity index (χ3v) is 5.28. The first kappa shape index (κ1) is 22.3. The Morgan fingerprint density at radius 1 is 0.567 bits per heavy atom. The summed E-state index contributed by atoms with van der Waals surface area (Å²) in [6.07, 6.45) is 6.29. The fraction of sp³-hybridized carbons (Fsp3) is 0. The van der Waals surface area contributed by atoms with Crippen molar-refractivity contribution in [2.75, 3.05) is 0 Å². The molecule has 30 heavy (non-hydrogen) atoms. The molecule has 0 unspecified atom stereocenters. The molecule has 3 aromatic rings. The first-order valence-corrected chi connectivity index (χ1v) is 10.3. The SMILES string of the molecule is O=C(C=Cc1ccc(C=CC(=O)c2ccc(Cl)cc2Cl)cc1)c1ccc(Cl)cc1Cl. The standard InChI is InChI=1S/C24H14Cl4O2/c25-17-7-9-19(21(27)13-17)23(29)11-5-15-1-2-16(4-3-15)6-12-24(30)20-10-8-18(26)14-22(20)28/h1-14H. The second-order valence-corrected chi connectivity index (χ2v) is 8.00. The van der Waals surface area contributed by atoms with Crippen LogP contribution < -0.4 is 0 Å². The molecule has 0 atom stereocenters. The number of halogens is 4. The molecule has 0 N–H and O–H groups in total. The van der Waals surface area contributed by atoms with Crippen molar-refractivity contribution in [1.82, 2.24) is 0 Å². The van der Waals surface area contributed by atoms with Crippen LogP contribution in [0.4, 0.5) is 0 Å². The van der Waals surface area contributed by atoms with Crippen molar-refractivity contribution in [3.63, 3.8) is 0 Å². The molecule has 0 spiro atoms. The maximum Gasteiger partial charge on any atom is 0.187 e. The minimum atomic E-state index is -0.217. The second kappa shape index (κ2) is 10.1. The number of rotatable bonds is 6. The van der Waals surface area contributed by atoms with Gasteiger partial charge in [0.2, 0.25) is 0 Å². The molecule has 0 fully saturated rings. The molecule has 0 radical (unpaired) electrons. The summed E-state index contributed by atoms with van der Waals surface area (Å²) in [5.74, 6) is -0.433. The zero-order chi connectivity index (χ0) is 21.7. The molecule has 0 saturated carbocycles. The van der Waals surface area contributed by atoms with Crippen LogP contribution in [-0.2, 0) is 0 Å². The van der Waals surface area contributed by atoms with Crippen LogP contribution in [0.15, 0.2) is 72.8 Å². The summed E-state index contributed by atoms with van der Waals surface area (Å²) < 4.78 is 0. The van der Waals surface area contributed by atoms with E-state index in [2.05, 4.69) is 0 Å². The molecule has 0 bridgehead atoms. The summed E-state index contributed by atoms with van der Waals surface area (Å²) in [5, 5.41) is 1.56. The van der Waals surface area contributed by atoms with Gasteiger partial charge in [-0.1, -0.05) is 82.8 Å². The van der Waals surface area contributed by atoms with E-state index in [9.17, 15) is 9.59 Å². The second-order valence-electron chi connectivity index (χ2n) is 6.31. The molecule has 0 aliphatic rings. The lowest BCUT2D eigenvalue weighted by Gasteiger charge is -2.01. The zero-order valence-electron chi connectivity index (χ0n) is 15.4. The van der Waals surface area contributed by atoms with Crippen molar-refractivity contribution in [3.8, 4) is 0 Å². The van der Waals surface area contributed by atoms with Crippen molar-refractivity contribution in [1.29, 1.82) is 0 Å². The van der Waals surface area contributed by atoms with Gasteiger partial charge in [0.15, 0.2) is 11.6 Å². The number of hydrogen-bond donors (Lipinski definition) is 0. The van der Waals surface area contributed by atoms with Crippen LogP contribution >= 0.6 is 46.4 Å². The van der Waals surface area contributed by atoms with E-state index in [1.807, 2.05) is 24.3 Å². The van der Waals surface area contributed by atoms with Gasteiger partial charge in [-0.15, -0.1) is 0 Å². The Balaban J connectivity index is 1.67. The molecular formula is C24H14Cl4O2. The van der Waals surface area contributed by atoms with Crippen molar-refractivity contribution >= 4 is 70.1 Å². The number of hydrogen-bond acceptors (Lipinski definition) is 2. The summed E-state index contributed by atoms with van der Waals surface area (Å²) in [7, 11) is 0. The Hall–Kier alpha value is -2.36. The lowest BCUT2D eigenvalue weighted by molar-refractivity contribution is 0.104. The van der Waals surface area contributed by atoms with Gasteiger partial charge in [-0.25, -0.2) is 0 Å². The molecule has 0 amide bonds. The summed E-state index contributed by atoms with van der Waals surface area (Å²) in [6, 6.07) is 16.8. The van der Waals surface area contributed by atoms with E-state index in [0.717, 1.165) is 11.1 Å². The molecule has 0 saturated heterocycles. The highest BCUT2D eigenvalue weighted by Gasteiger charge is 2.08. The molecule has 3 aromatic carbocycles. The van der Waals surface area contributed by atoms with Gasteiger partial charge in [-0.3, -0.25) is 9.59 Å². The van der Waals surface area contributed by atoms with Gasteiger partial charge in [-0.2, -0.15) is 0 Å². The molecule has 0 heterocycles. The number of allylic oxidation sites excluding steroid dienone is 2. The van der Waals surface area contributed by atoms with Gasteiger partial charge in [0.05, 0.1) is 10.0 Å². The fourth-order valence-electron chi connectivity index (χ4n) is 2.62. The van der Waals surface area contributed by atoms with Crippen molar-refractivity contribution in [2.45, 2.75) is 0 Å². The third-order valence-electron chi connectivity index (χ3n) is 4.18. The average Bonchev–Trinajstić information content (AvgIpc) is 2.71. The van der Waals surface area contributed by atoms with Crippen LogP contribution in [0.5, 0.6) is 0 Å². The first-order chi connectivity index (χ1) is 14.3. The van der Waals surface area contributed by atoms with Crippen LogP contribution in [0.3, 0.4) is 0 Å². The van der Waals surface area contributed by atoms with Crippen LogP contribution in [0.2, 0.25) is 20.1 Å². The summed E-state index contributed by atoms with van der Waals surface area (Å²) in [6.45, 7) is 0. The Morgan fingerprint density at radius 3 is 1.27 bits per heavy atom. The zero-order valence-corrected chi connectivity index (χ0v) is 18.4. The molecular weight excluding hydrogens is 462 g/mol. The van der Waals surface area contributed by atoms with E-state index in [-0.39, 0.29) is 11.6 Å². The summed E-state index contributed by atoms with van der Waals surface area (Å²) in [5.41, 5.74) is 2.43. The summed E-state index contributed by atoms with van der Waals surface area (Å²) in [4.78, 5) is 24.6. The van der Waals surface area contributed by atoms with Crippen molar-refractivity contribution in [2.24, 2.45) is 0 Å². The smallest absolute Gasteiger partial charge is 0.187 e. The number of carbonyl (C=O) groups is 2. The van der Waals surface area contributed by atoms with E-state index >= 15 is 0 Å². The highest BCUT2D eigenvalue weighted by molar-refractivity contribution is 6.38. The number of benzene rings is 3. The van der Waals surface area contributed by atoms with Gasteiger partial charge in [0, 0.05) is 21.2 Å². The maximum atomic E-state index is 12.3. The highest BCUT2D eigenvalue weighted by Crippen LogP contribution is 2.23. The van der Waals surface area contributed by atoms with E-state index in [4.69, 9.17) is 46.4 Å². The predicted molar refractivity (Wildman–Crippen MR) is 126 cm³/mol. The fourth-order valence-corrected chi connectivity index (χ4v) is 3.62. The summed E-state index contributed by atoms with van der Waals surface area (Å²) >= 11 is 23.8. The highest BCUT2D eigenvalue weighted by atomic mass is 35.5. The normalized spacial score (nSPS) is 11.3. The van der Waals surface area contributed by atoms with Gasteiger partial charge >= 0.3 is 0 Å². The predicted octanol–water partition coefficient (Wildman–Crippen LogP) is 8.09. The first-order valence-electron chi connectivity index (χ1n) is 8.78. The van der Waals surface area contributed by atoms with E-state index in [1.54, 1.807) is 36.4 Å².